The van der Waals surface area contributed by atoms with Crippen LogP contribution in [0.5, 0.6) is 0 Å². The summed E-state index contributed by atoms with van der Waals surface area (Å²) in [5.74, 6) is -2.09. The highest BCUT2D eigenvalue weighted by Gasteiger charge is 2.49. The predicted octanol–water partition coefficient (Wildman–Crippen LogP) is 0.388. The summed E-state index contributed by atoms with van der Waals surface area (Å²) in [6.45, 7) is 6.26. The maximum atomic E-state index is 12.7. The third-order valence-corrected chi connectivity index (χ3v) is 6.02. The second kappa shape index (κ2) is 6.37. The fraction of sp³-hybridized carbons (Fsp3) is 0.778. The first-order chi connectivity index (χ1) is 11.7. The van der Waals surface area contributed by atoms with Crippen molar-refractivity contribution in [2.24, 2.45) is 5.92 Å². The first kappa shape index (κ1) is 18.4. The van der Waals surface area contributed by atoms with Crippen LogP contribution in [0.25, 0.3) is 0 Å². The Kier molecular flexibility index (Phi) is 4.68. The quantitative estimate of drug-likeness (QED) is 0.520. The van der Waals surface area contributed by atoms with E-state index in [-0.39, 0.29) is 31.6 Å². The number of rotatable bonds is 1. The predicted molar refractivity (Wildman–Crippen MR) is 88.5 cm³/mol. The molecule has 2 fully saturated rings. The molecule has 2 N–H and O–H groups in total. The van der Waals surface area contributed by atoms with E-state index in [2.05, 4.69) is 4.90 Å². The van der Waals surface area contributed by atoms with Gasteiger partial charge in [0.05, 0.1) is 6.04 Å². The van der Waals surface area contributed by atoms with Gasteiger partial charge in [-0.15, -0.1) is 0 Å². The standard InChI is InChI=1S/C18H27NO6/c1-4-18(23)9-11(2)17(3,22)15(20)24-10-12-5-7-19-8-6-13(14(12)19)25-16(18)21/h5,11,13-14,22-23H,4,6-10H2,1-3H3/t11-,13-,14-,17+,18-/m1/s1. The third-order valence-electron chi connectivity index (χ3n) is 6.02. The Bertz CT molecular complexity index is 600. The molecule has 3 heterocycles. The average Bonchev–Trinajstić information content (AvgIpc) is 3.14. The van der Waals surface area contributed by atoms with Crippen LogP contribution in [0.3, 0.4) is 0 Å². The Morgan fingerprint density at radius 3 is 2.72 bits per heavy atom. The lowest BCUT2D eigenvalue weighted by molar-refractivity contribution is -0.183. The van der Waals surface area contributed by atoms with Gasteiger partial charge in [-0.3, -0.25) is 4.90 Å². The Morgan fingerprint density at radius 1 is 1.32 bits per heavy atom. The van der Waals surface area contributed by atoms with E-state index in [9.17, 15) is 19.8 Å². The third kappa shape index (κ3) is 3.09. The van der Waals surface area contributed by atoms with Crippen LogP contribution in [0, 0.1) is 5.92 Å². The van der Waals surface area contributed by atoms with Crippen LogP contribution in [0.4, 0.5) is 0 Å². The number of carbonyl (C=O) groups excluding carboxylic acids is 2. The smallest absolute Gasteiger partial charge is 0.338 e. The lowest BCUT2D eigenvalue weighted by Crippen LogP contribution is -2.51. The molecule has 140 valence electrons. The summed E-state index contributed by atoms with van der Waals surface area (Å²) in [4.78, 5) is 27.3. The van der Waals surface area contributed by atoms with Gasteiger partial charge in [0.15, 0.2) is 11.2 Å². The van der Waals surface area contributed by atoms with Gasteiger partial charge in [-0.2, -0.15) is 0 Å². The van der Waals surface area contributed by atoms with Crippen LogP contribution in [-0.4, -0.2) is 70.1 Å². The Hall–Kier alpha value is -1.44. The number of carbonyl (C=O) groups is 2. The number of ether oxygens (including phenoxy) is 2. The van der Waals surface area contributed by atoms with Crippen molar-refractivity contribution in [3.63, 3.8) is 0 Å². The molecule has 3 rings (SSSR count). The number of esters is 2. The van der Waals surface area contributed by atoms with Crippen molar-refractivity contribution in [2.45, 2.75) is 63.4 Å². The maximum Gasteiger partial charge on any atom is 0.338 e. The molecular weight excluding hydrogens is 326 g/mol. The molecule has 0 radical (unpaired) electrons. The molecule has 0 amide bonds. The summed E-state index contributed by atoms with van der Waals surface area (Å²) in [6, 6.07) is -0.125. The minimum absolute atomic E-state index is 0.0752. The van der Waals surface area contributed by atoms with Gasteiger partial charge < -0.3 is 19.7 Å². The molecule has 3 aliphatic rings. The van der Waals surface area contributed by atoms with E-state index >= 15 is 0 Å². The zero-order valence-corrected chi connectivity index (χ0v) is 15.0. The summed E-state index contributed by atoms with van der Waals surface area (Å²) < 4.78 is 11.0. The van der Waals surface area contributed by atoms with Crippen molar-refractivity contribution in [1.82, 2.24) is 4.90 Å². The van der Waals surface area contributed by atoms with Crippen molar-refractivity contribution in [2.75, 3.05) is 19.7 Å². The Labute approximate surface area is 147 Å². The van der Waals surface area contributed by atoms with Gasteiger partial charge in [0, 0.05) is 13.1 Å². The van der Waals surface area contributed by atoms with Gasteiger partial charge >= 0.3 is 11.9 Å². The fourth-order valence-electron chi connectivity index (χ4n) is 3.95. The highest BCUT2D eigenvalue weighted by molar-refractivity contribution is 5.81. The summed E-state index contributed by atoms with van der Waals surface area (Å²) >= 11 is 0. The van der Waals surface area contributed by atoms with Gasteiger partial charge in [0.25, 0.3) is 0 Å². The molecule has 0 bridgehead atoms. The molecule has 0 aromatic carbocycles. The van der Waals surface area contributed by atoms with Crippen molar-refractivity contribution >= 4 is 11.9 Å². The van der Waals surface area contributed by atoms with Gasteiger partial charge in [-0.05, 0) is 37.7 Å². The number of aliphatic hydroxyl groups is 2. The van der Waals surface area contributed by atoms with Crippen LogP contribution < -0.4 is 0 Å². The molecule has 2 saturated heterocycles. The summed E-state index contributed by atoms with van der Waals surface area (Å²) in [6.07, 6.45) is 2.38. The molecule has 0 aromatic heterocycles. The number of hydrogen-bond acceptors (Lipinski definition) is 7. The van der Waals surface area contributed by atoms with Crippen LogP contribution in [-0.2, 0) is 19.1 Å². The fourth-order valence-corrected chi connectivity index (χ4v) is 3.95. The molecule has 0 spiro atoms. The van der Waals surface area contributed by atoms with Gasteiger partial charge in [-0.25, -0.2) is 9.59 Å². The molecule has 0 unspecified atom stereocenters. The van der Waals surface area contributed by atoms with Crippen molar-refractivity contribution in [1.29, 1.82) is 0 Å². The monoisotopic (exact) mass is 353 g/mol. The zero-order valence-electron chi connectivity index (χ0n) is 15.0. The minimum atomic E-state index is -1.80. The zero-order chi connectivity index (χ0) is 18.4. The van der Waals surface area contributed by atoms with Crippen molar-refractivity contribution < 1.29 is 29.3 Å². The first-order valence-corrected chi connectivity index (χ1v) is 8.95. The van der Waals surface area contributed by atoms with E-state index in [1.54, 1.807) is 13.8 Å². The lowest BCUT2D eigenvalue weighted by Gasteiger charge is -2.36. The van der Waals surface area contributed by atoms with Gasteiger partial charge in [0.2, 0.25) is 0 Å². The lowest BCUT2D eigenvalue weighted by atomic mass is 9.80. The normalized spacial score (nSPS) is 42.8. The molecule has 0 aliphatic carbocycles. The molecule has 25 heavy (non-hydrogen) atoms. The highest BCUT2D eigenvalue weighted by atomic mass is 16.6. The Morgan fingerprint density at radius 2 is 2.04 bits per heavy atom. The topological polar surface area (TPSA) is 96.3 Å². The molecule has 0 saturated carbocycles. The summed E-state index contributed by atoms with van der Waals surface area (Å²) in [5.41, 5.74) is -2.65. The Balaban J connectivity index is 1.93. The second-order valence-electron chi connectivity index (χ2n) is 7.67. The molecular formula is C18H27NO6. The average molecular weight is 353 g/mol. The highest BCUT2D eigenvalue weighted by Crippen LogP contribution is 2.36. The van der Waals surface area contributed by atoms with Crippen LogP contribution in [0.15, 0.2) is 11.6 Å². The van der Waals surface area contributed by atoms with Crippen molar-refractivity contribution in [3.05, 3.63) is 11.6 Å². The number of cyclic esters (lactones) is 1. The maximum absolute atomic E-state index is 12.7. The summed E-state index contributed by atoms with van der Waals surface area (Å²) in [5, 5.41) is 21.4. The SMILES string of the molecule is CC[C@@]1(O)C[C@@H](C)[C@](C)(O)C(=O)OCC2=CCN3CC[C@@H](OC1=O)[C@@H]23. The van der Waals surface area contributed by atoms with Gasteiger partial charge in [-0.1, -0.05) is 19.9 Å². The largest absolute Gasteiger partial charge is 0.459 e. The molecule has 7 heteroatoms. The minimum Gasteiger partial charge on any atom is -0.459 e. The van der Waals surface area contributed by atoms with E-state index in [0.717, 1.165) is 18.7 Å². The van der Waals surface area contributed by atoms with Crippen molar-refractivity contribution in [3.8, 4) is 0 Å². The van der Waals surface area contributed by atoms with Gasteiger partial charge in [0.1, 0.15) is 12.7 Å². The number of hydrogen-bond donors (Lipinski definition) is 2. The van der Waals surface area contributed by atoms with E-state index in [1.807, 2.05) is 6.08 Å². The molecule has 3 aliphatic heterocycles. The van der Waals surface area contributed by atoms with E-state index in [1.165, 1.54) is 6.92 Å². The van der Waals surface area contributed by atoms with E-state index < -0.39 is 29.1 Å². The summed E-state index contributed by atoms with van der Waals surface area (Å²) in [7, 11) is 0. The van der Waals surface area contributed by atoms with E-state index in [0.29, 0.717) is 6.42 Å². The molecule has 7 nitrogen and oxygen atoms in total. The first-order valence-electron chi connectivity index (χ1n) is 8.95. The van der Waals surface area contributed by atoms with E-state index in [4.69, 9.17) is 9.47 Å². The molecule has 5 atom stereocenters. The molecule has 0 aromatic rings. The number of nitrogens with zero attached hydrogens (tertiary/aromatic N) is 1. The van der Waals surface area contributed by atoms with Crippen LogP contribution in [0.2, 0.25) is 0 Å². The van der Waals surface area contributed by atoms with Crippen LogP contribution in [0.1, 0.15) is 40.0 Å². The second-order valence-corrected chi connectivity index (χ2v) is 7.67. The van der Waals surface area contributed by atoms with Crippen LogP contribution >= 0.6 is 0 Å².